The number of carbonyl (C=O) groups excluding carboxylic acids is 1. The van der Waals surface area contributed by atoms with Gasteiger partial charge >= 0.3 is 0 Å². The number of ether oxygens (including phenoxy) is 1. The highest BCUT2D eigenvalue weighted by Gasteiger charge is 2.27. The first-order valence-electron chi connectivity index (χ1n) is 8.04. The van der Waals surface area contributed by atoms with Gasteiger partial charge in [0.1, 0.15) is 5.75 Å². The molecule has 4 heteroatoms. The van der Waals surface area contributed by atoms with E-state index < -0.39 is 0 Å². The van der Waals surface area contributed by atoms with Crippen LogP contribution in [0.3, 0.4) is 0 Å². The minimum Gasteiger partial charge on any atom is -0.493 e. The van der Waals surface area contributed by atoms with Crippen LogP contribution >= 0.6 is 11.3 Å². The Hall–Kier alpha value is -2.07. The molecule has 3 heterocycles. The molecule has 2 aliphatic heterocycles. The molecule has 4 rings (SSSR count). The van der Waals surface area contributed by atoms with Crippen molar-refractivity contribution in [1.82, 2.24) is 4.90 Å². The molecule has 2 aliphatic rings. The fraction of sp³-hybridized carbons (Fsp3) is 0.316. The summed E-state index contributed by atoms with van der Waals surface area (Å²) in [6, 6.07) is 8.53. The van der Waals surface area contributed by atoms with Crippen molar-refractivity contribution in [3.05, 3.63) is 57.8 Å². The Kier molecular flexibility index (Phi) is 3.92. The molecule has 1 atom stereocenters. The van der Waals surface area contributed by atoms with Crippen molar-refractivity contribution in [2.75, 3.05) is 19.7 Å². The average Bonchev–Trinajstić information content (AvgIpc) is 3.32. The average molecular weight is 325 g/mol. The van der Waals surface area contributed by atoms with Gasteiger partial charge in [0.2, 0.25) is 5.91 Å². The van der Waals surface area contributed by atoms with Gasteiger partial charge in [0, 0.05) is 31.5 Å². The Bertz CT molecular complexity index is 736. The molecule has 0 aliphatic carbocycles. The second kappa shape index (κ2) is 6.20. The summed E-state index contributed by atoms with van der Waals surface area (Å²) in [6.45, 7) is 2.44. The summed E-state index contributed by atoms with van der Waals surface area (Å²) in [6.07, 6.45) is 5.64. The van der Waals surface area contributed by atoms with E-state index in [0.717, 1.165) is 43.9 Å². The molecule has 23 heavy (non-hydrogen) atoms. The van der Waals surface area contributed by atoms with E-state index in [4.69, 9.17) is 4.74 Å². The topological polar surface area (TPSA) is 29.5 Å². The second-order valence-corrected chi connectivity index (χ2v) is 6.91. The van der Waals surface area contributed by atoms with Gasteiger partial charge in [-0.25, -0.2) is 0 Å². The molecule has 1 fully saturated rings. The van der Waals surface area contributed by atoms with Gasteiger partial charge in [-0.05, 0) is 52.1 Å². The molecule has 0 bridgehead atoms. The van der Waals surface area contributed by atoms with Gasteiger partial charge in [-0.3, -0.25) is 4.79 Å². The number of hydrogen-bond acceptors (Lipinski definition) is 3. The number of rotatable bonds is 3. The summed E-state index contributed by atoms with van der Waals surface area (Å²) in [5.74, 6) is 1.58. The van der Waals surface area contributed by atoms with Gasteiger partial charge < -0.3 is 9.64 Å². The predicted molar refractivity (Wildman–Crippen MR) is 92.9 cm³/mol. The van der Waals surface area contributed by atoms with E-state index >= 15 is 0 Å². The zero-order valence-electron chi connectivity index (χ0n) is 12.9. The molecule has 1 unspecified atom stereocenters. The fourth-order valence-electron chi connectivity index (χ4n) is 3.34. The summed E-state index contributed by atoms with van der Waals surface area (Å²) in [5, 5.41) is 4.07. The highest BCUT2D eigenvalue weighted by Crippen LogP contribution is 2.33. The van der Waals surface area contributed by atoms with Crippen molar-refractivity contribution in [3.8, 4) is 5.75 Å². The number of carbonyl (C=O) groups is 1. The SMILES string of the molecule is O=C(C=Cc1ccsc1)N1CCC(c2ccc3c(c2)CCO3)C1. The number of benzene rings is 1. The maximum Gasteiger partial charge on any atom is 0.246 e. The normalized spacial score (nSPS) is 20.0. The first-order valence-corrected chi connectivity index (χ1v) is 8.99. The van der Waals surface area contributed by atoms with E-state index in [1.165, 1.54) is 11.1 Å². The van der Waals surface area contributed by atoms with Crippen LogP contribution in [-0.2, 0) is 11.2 Å². The number of likely N-dealkylation sites (tertiary alicyclic amines) is 1. The van der Waals surface area contributed by atoms with Crippen molar-refractivity contribution in [3.63, 3.8) is 0 Å². The van der Waals surface area contributed by atoms with Gasteiger partial charge in [0.05, 0.1) is 6.61 Å². The van der Waals surface area contributed by atoms with Crippen LogP contribution < -0.4 is 4.74 Å². The number of hydrogen-bond donors (Lipinski definition) is 0. The molecule has 0 radical (unpaired) electrons. The summed E-state index contributed by atoms with van der Waals surface area (Å²) in [4.78, 5) is 14.3. The lowest BCUT2D eigenvalue weighted by Crippen LogP contribution is -2.26. The predicted octanol–water partition coefficient (Wildman–Crippen LogP) is 3.71. The fourth-order valence-corrected chi connectivity index (χ4v) is 3.96. The molecule has 1 aromatic heterocycles. The van der Waals surface area contributed by atoms with Crippen LogP contribution in [0.4, 0.5) is 0 Å². The largest absolute Gasteiger partial charge is 0.493 e. The maximum absolute atomic E-state index is 12.3. The molecule has 0 saturated carbocycles. The maximum atomic E-state index is 12.3. The molecule has 118 valence electrons. The Morgan fingerprint density at radius 2 is 2.30 bits per heavy atom. The summed E-state index contributed by atoms with van der Waals surface area (Å²) in [7, 11) is 0. The van der Waals surface area contributed by atoms with Gasteiger partial charge in [-0.1, -0.05) is 12.1 Å². The summed E-state index contributed by atoms with van der Waals surface area (Å²) >= 11 is 1.64. The third kappa shape index (κ3) is 3.04. The molecule has 0 N–H and O–H groups in total. The first kappa shape index (κ1) is 14.5. The van der Waals surface area contributed by atoms with Crippen LogP contribution in [0.15, 0.2) is 41.1 Å². The van der Waals surface area contributed by atoms with Crippen molar-refractivity contribution in [2.24, 2.45) is 0 Å². The zero-order chi connectivity index (χ0) is 15.6. The van der Waals surface area contributed by atoms with Crippen molar-refractivity contribution in [1.29, 1.82) is 0 Å². The minimum absolute atomic E-state index is 0.114. The lowest BCUT2D eigenvalue weighted by molar-refractivity contribution is -0.124. The second-order valence-electron chi connectivity index (χ2n) is 6.13. The standard InChI is InChI=1S/C19H19NO2S/c21-19(4-1-14-7-10-23-13-14)20-8-5-17(12-20)15-2-3-18-16(11-15)6-9-22-18/h1-4,7,10-11,13,17H,5-6,8-9,12H2. The van der Waals surface area contributed by atoms with Crippen LogP contribution in [0.5, 0.6) is 5.75 Å². The van der Waals surface area contributed by atoms with Gasteiger partial charge in [-0.2, -0.15) is 11.3 Å². The van der Waals surface area contributed by atoms with Crippen LogP contribution in [0, 0.1) is 0 Å². The zero-order valence-corrected chi connectivity index (χ0v) is 13.7. The Morgan fingerprint density at radius 3 is 3.17 bits per heavy atom. The quantitative estimate of drug-likeness (QED) is 0.805. The lowest BCUT2D eigenvalue weighted by Gasteiger charge is -2.15. The number of fused-ring (bicyclic) bond motifs is 1. The smallest absolute Gasteiger partial charge is 0.246 e. The molecule has 1 saturated heterocycles. The van der Waals surface area contributed by atoms with Crippen LogP contribution in [-0.4, -0.2) is 30.5 Å². The Balaban J connectivity index is 1.41. The highest BCUT2D eigenvalue weighted by molar-refractivity contribution is 7.08. The van der Waals surface area contributed by atoms with Gasteiger partial charge in [0.15, 0.2) is 0 Å². The van der Waals surface area contributed by atoms with Crippen LogP contribution in [0.1, 0.15) is 29.0 Å². The minimum atomic E-state index is 0.114. The van der Waals surface area contributed by atoms with Crippen LogP contribution in [0.2, 0.25) is 0 Å². The Morgan fingerprint density at radius 1 is 1.35 bits per heavy atom. The van der Waals surface area contributed by atoms with E-state index in [0.29, 0.717) is 5.92 Å². The van der Waals surface area contributed by atoms with Gasteiger partial charge in [-0.15, -0.1) is 0 Å². The van der Waals surface area contributed by atoms with E-state index in [-0.39, 0.29) is 5.91 Å². The van der Waals surface area contributed by atoms with E-state index in [1.54, 1.807) is 17.4 Å². The summed E-state index contributed by atoms with van der Waals surface area (Å²) in [5.41, 5.74) is 3.74. The molecule has 0 spiro atoms. The molecule has 3 nitrogen and oxygen atoms in total. The van der Waals surface area contributed by atoms with Crippen molar-refractivity contribution < 1.29 is 9.53 Å². The number of amides is 1. The molecule has 1 aromatic carbocycles. The lowest BCUT2D eigenvalue weighted by atomic mass is 9.96. The first-order chi connectivity index (χ1) is 11.3. The summed E-state index contributed by atoms with van der Waals surface area (Å²) < 4.78 is 5.57. The number of thiophene rings is 1. The van der Waals surface area contributed by atoms with E-state index in [2.05, 4.69) is 18.2 Å². The third-order valence-corrected chi connectivity index (χ3v) is 5.35. The monoisotopic (exact) mass is 325 g/mol. The molecular weight excluding hydrogens is 306 g/mol. The number of nitrogens with zero attached hydrogens (tertiary/aromatic N) is 1. The van der Waals surface area contributed by atoms with Gasteiger partial charge in [0.25, 0.3) is 0 Å². The van der Waals surface area contributed by atoms with E-state index in [9.17, 15) is 4.79 Å². The third-order valence-electron chi connectivity index (χ3n) is 4.65. The molecular formula is C19H19NO2S. The highest BCUT2D eigenvalue weighted by atomic mass is 32.1. The van der Waals surface area contributed by atoms with Crippen molar-refractivity contribution >= 4 is 23.3 Å². The van der Waals surface area contributed by atoms with Crippen molar-refractivity contribution in [2.45, 2.75) is 18.8 Å². The van der Waals surface area contributed by atoms with Crippen LogP contribution in [0.25, 0.3) is 6.08 Å². The Labute approximate surface area is 140 Å². The molecule has 2 aromatic rings. The van der Waals surface area contributed by atoms with E-state index in [1.807, 2.05) is 27.8 Å². The molecule has 1 amide bonds.